The number of hydrogen-bond acceptors (Lipinski definition) is 7. The highest BCUT2D eigenvalue weighted by atomic mass is 32.2. The van der Waals surface area contributed by atoms with Gasteiger partial charge in [-0.3, -0.25) is 9.52 Å². The fourth-order valence-corrected chi connectivity index (χ4v) is 4.86. The monoisotopic (exact) mass is 500 g/mol. The van der Waals surface area contributed by atoms with Gasteiger partial charge in [-0.05, 0) is 48.5 Å². The topological polar surface area (TPSA) is 101 Å². The summed E-state index contributed by atoms with van der Waals surface area (Å²) in [6.07, 6.45) is 1.42. The molecule has 184 valence electrons. The average molecular weight is 501 g/mol. The quantitative estimate of drug-likeness (QED) is 0.532. The van der Waals surface area contributed by atoms with Crippen molar-refractivity contribution in [3.63, 3.8) is 0 Å². The SMILES string of the molecule is COc1cccc(OC)c1C(=O)N1CCN(c2ccc(NS(=O)(=O)c3ccc(F)cc3)cn2)CC1. The van der Waals surface area contributed by atoms with E-state index in [2.05, 4.69) is 9.71 Å². The lowest BCUT2D eigenvalue weighted by molar-refractivity contribution is 0.0739. The molecule has 0 spiro atoms. The van der Waals surface area contributed by atoms with Crippen LogP contribution in [0.4, 0.5) is 15.9 Å². The second-order valence-corrected chi connectivity index (χ2v) is 9.46. The van der Waals surface area contributed by atoms with Crippen LogP contribution in [0.2, 0.25) is 0 Å². The van der Waals surface area contributed by atoms with Crippen molar-refractivity contribution in [1.82, 2.24) is 9.88 Å². The summed E-state index contributed by atoms with van der Waals surface area (Å²) in [4.78, 5) is 21.2. The largest absolute Gasteiger partial charge is 0.496 e. The summed E-state index contributed by atoms with van der Waals surface area (Å²) in [6, 6.07) is 13.1. The molecule has 0 bridgehead atoms. The van der Waals surface area contributed by atoms with Crippen LogP contribution in [-0.4, -0.2) is 64.6 Å². The van der Waals surface area contributed by atoms with Crippen molar-refractivity contribution in [3.8, 4) is 11.5 Å². The van der Waals surface area contributed by atoms with Crippen molar-refractivity contribution in [1.29, 1.82) is 0 Å². The second kappa shape index (κ2) is 10.2. The van der Waals surface area contributed by atoms with Crippen molar-refractivity contribution >= 4 is 27.4 Å². The molecule has 1 aliphatic rings. The summed E-state index contributed by atoms with van der Waals surface area (Å²) >= 11 is 0. The molecule has 2 heterocycles. The van der Waals surface area contributed by atoms with Gasteiger partial charge in [0.1, 0.15) is 28.7 Å². The van der Waals surface area contributed by atoms with Crippen LogP contribution in [0.25, 0.3) is 0 Å². The first kappa shape index (κ1) is 24.3. The molecule has 2 aromatic carbocycles. The molecule has 0 radical (unpaired) electrons. The van der Waals surface area contributed by atoms with Crippen LogP contribution in [0.3, 0.4) is 0 Å². The summed E-state index contributed by atoms with van der Waals surface area (Å²) in [7, 11) is -0.832. The van der Waals surface area contributed by atoms with E-state index < -0.39 is 15.8 Å². The van der Waals surface area contributed by atoms with E-state index in [1.54, 1.807) is 35.2 Å². The molecule has 0 saturated carbocycles. The minimum Gasteiger partial charge on any atom is -0.496 e. The molecule has 0 aliphatic carbocycles. The van der Waals surface area contributed by atoms with Crippen molar-refractivity contribution in [3.05, 3.63) is 72.2 Å². The summed E-state index contributed by atoms with van der Waals surface area (Å²) in [5, 5.41) is 0. The maximum Gasteiger partial charge on any atom is 0.261 e. The molecule has 1 aromatic heterocycles. The summed E-state index contributed by atoms with van der Waals surface area (Å²) < 4.78 is 51.2. The molecule has 1 N–H and O–H groups in total. The van der Waals surface area contributed by atoms with E-state index >= 15 is 0 Å². The molecule has 1 aliphatic heterocycles. The molecule has 1 saturated heterocycles. The van der Waals surface area contributed by atoms with Crippen LogP contribution >= 0.6 is 0 Å². The van der Waals surface area contributed by atoms with Crippen LogP contribution in [0.5, 0.6) is 11.5 Å². The van der Waals surface area contributed by atoms with E-state index in [9.17, 15) is 17.6 Å². The Labute approximate surface area is 203 Å². The number of rotatable bonds is 7. The Balaban J connectivity index is 1.40. The zero-order chi connectivity index (χ0) is 25.0. The van der Waals surface area contributed by atoms with E-state index in [1.807, 2.05) is 4.90 Å². The maximum absolute atomic E-state index is 13.2. The standard InChI is InChI=1S/C24H25FN4O5S/c1-33-20-4-3-5-21(34-2)23(20)24(30)29-14-12-28(13-15-29)22-11-8-18(16-26-22)27-35(31,32)19-9-6-17(25)7-10-19/h3-11,16,27H,12-15H2,1-2H3. The molecule has 1 fully saturated rings. The van der Waals surface area contributed by atoms with Gasteiger partial charge in [0, 0.05) is 26.2 Å². The van der Waals surface area contributed by atoms with Gasteiger partial charge in [-0.15, -0.1) is 0 Å². The highest BCUT2D eigenvalue weighted by molar-refractivity contribution is 7.92. The number of carbonyl (C=O) groups excluding carboxylic acids is 1. The van der Waals surface area contributed by atoms with Crippen LogP contribution < -0.4 is 19.1 Å². The molecule has 11 heteroatoms. The Kier molecular flexibility index (Phi) is 7.06. The predicted molar refractivity (Wildman–Crippen MR) is 129 cm³/mol. The third kappa shape index (κ3) is 5.29. The molecule has 1 amide bonds. The molecule has 35 heavy (non-hydrogen) atoms. The normalized spacial score (nSPS) is 13.9. The number of hydrogen-bond donors (Lipinski definition) is 1. The first-order valence-corrected chi connectivity index (χ1v) is 12.3. The van der Waals surface area contributed by atoms with E-state index in [1.165, 1.54) is 32.5 Å². The predicted octanol–water partition coefficient (Wildman–Crippen LogP) is 3.00. The molecular formula is C24H25FN4O5S. The minimum atomic E-state index is -3.86. The number of halogens is 1. The number of sulfonamides is 1. The zero-order valence-corrected chi connectivity index (χ0v) is 20.1. The van der Waals surface area contributed by atoms with Crippen molar-refractivity contribution in [2.24, 2.45) is 0 Å². The average Bonchev–Trinajstić information content (AvgIpc) is 2.88. The number of nitrogens with one attached hydrogen (secondary N) is 1. The molecule has 3 aromatic rings. The lowest BCUT2D eigenvalue weighted by Gasteiger charge is -2.35. The van der Waals surface area contributed by atoms with E-state index in [0.717, 1.165) is 12.1 Å². The third-order valence-corrected chi connectivity index (χ3v) is 7.05. The van der Waals surface area contributed by atoms with E-state index in [-0.39, 0.29) is 16.5 Å². The Morgan fingerprint density at radius 2 is 1.57 bits per heavy atom. The van der Waals surface area contributed by atoms with Gasteiger partial charge in [-0.1, -0.05) is 6.07 Å². The van der Waals surface area contributed by atoms with Crippen LogP contribution in [0.15, 0.2) is 65.7 Å². The number of benzene rings is 2. The molecule has 0 atom stereocenters. The van der Waals surface area contributed by atoms with Crippen LogP contribution in [-0.2, 0) is 10.0 Å². The van der Waals surface area contributed by atoms with Gasteiger partial charge >= 0.3 is 0 Å². The van der Waals surface area contributed by atoms with Gasteiger partial charge in [0.2, 0.25) is 0 Å². The lowest BCUT2D eigenvalue weighted by Crippen LogP contribution is -2.49. The van der Waals surface area contributed by atoms with Gasteiger partial charge in [0.25, 0.3) is 15.9 Å². The summed E-state index contributed by atoms with van der Waals surface area (Å²) in [5.41, 5.74) is 0.678. The van der Waals surface area contributed by atoms with Crippen LogP contribution in [0, 0.1) is 5.82 Å². The smallest absolute Gasteiger partial charge is 0.261 e. The number of aromatic nitrogens is 1. The van der Waals surface area contributed by atoms with Crippen molar-refractivity contribution < 1.29 is 27.1 Å². The maximum atomic E-state index is 13.2. The number of carbonyl (C=O) groups is 1. The second-order valence-electron chi connectivity index (χ2n) is 7.78. The van der Waals surface area contributed by atoms with Crippen molar-refractivity contribution in [2.75, 3.05) is 50.0 Å². The molecule has 0 unspecified atom stereocenters. The number of methoxy groups -OCH3 is 2. The number of amides is 1. The molecule has 9 nitrogen and oxygen atoms in total. The van der Waals surface area contributed by atoms with E-state index in [4.69, 9.17) is 9.47 Å². The Hall–Kier alpha value is -3.86. The highest BCUT2D eigenvalue weighted by Crippen LogP contribution is 2.30. The van der Waals surface area contributed by atoms with Gasteiger partial charge in [-0.25, -0.2) is 17.8 Å². The van der Waals surface area contributed by atoms with Gasteiger partial charge in [-0.2, -0.15) is 0 Å². The van der Waals surface area contributed by atoms with E-state index in [0.29, 0.717) is 49.1 Å². The fraction of sp³-hybridized carbons (Fsp3) is 0.250. The Bertz CT molecular complexity index is 1270. The number of pyridine rings is 1. The third-order valence-electron chi connectivity index (χ3n) is 5.66. The zero-order valence-electron chi connectivity index (χ0n) is 19.3. The van der Waals surface area contributed by atoms with Gasteiger partial charge in [0.05, 0.1) is 31.0 Å². The minimum absolute atomic E-state index is 0.0459. The molecular weight excluding hydrogens is 475 g/mol. The fourth-order valence-electron chi connectivity index (χ4n) is 3.82. The van der Waals surface area contributed by atoms with Crippen molar-refractivity contribution in [2.45, 2.75) is 4.90 Å². The first-order valence-electron chi connectivity index (χ1n) is 10.8. The highest BCUT2D eigenvalue weighted by Gasteiger charge is 2.27. The van der Waals surface area contributed by atoms with Gasteiger partial charge < -0.3 is 19.3 Å². The summed E-state index contributed by atoms with van der Waals surface area (Å²) in [5.74, 6) is 0.891. The first-order chi connectivity index (χ1) is 16.8. The lowest BCUT2D eigenvalue weighted by atomic mass is 10.1. The number of piperazine rings is 1. The number of ether oxygens (including phenoxy) is 2. The van der Waals surface area contributed by atoms with Crippen LogP contribution in [0.1, 0.15) is 10.4 Å². The number of anilines is 2. The number of nitrogens with zero attached hydrogens (tertiary/aromatic N) is 3. The molecule has 4 rings (SSSR count). The van der Waals surface area contributed by atoms with Gasteiger partial charge in [0.15, 0.2) is 0 Å². The Morgan fingerprint density at radius 1 is 0.943 bits per heavy atom. The Morgan fingerprint density at radius 3 is 2.11 bits per heavy atom. The summed E-state index contributed by atoms with van der Waals surface area (Å²) in [6.45, 7) is 2.05.